The molecule has 0 saturated heterocycles. The molecule has 2 aromatic rings. The zero-order valence-electron chi connectivity index (χ0n) is 15.1. The number of carboxylic acid groups (broad SMARTS) is 1. The van der Waals surface area contributed by atoms with Crippen molar-refractivity contribution in [3.05, 3.63) is 57.9 Å². The molecule has 1 aliphatic rings. The molecule has 6 nitrogen and oxygen atoms in total. The van der Waals surface area contributed by atoms with Crippen molar-refractivity contribution in [2.45, 2.75) is 39.7 Å². The molecule has 0 radical (unpaired) electrons. The van der Waals surface area contributed by atoms with Crippen LogP contribution in [0, 0.1) is 6.92 Å². The molecule has 1 aliphatic heterocycles. The number of amides is 1. The zero-order valence-corrected chi connectivity index (χ0v) is 15.1. The molecular formula is C20H22N2O4. The minimum atomic E-state index is -0.947. The molecule has 2 N–H and O–H groups in total. The molecule has 1 atom stereocenters. The fourth-order valence-corrected chi connectivity index (χ4v) is 3.82. The van der Waals surface area contributed by atoms with E-state index in [1.54, 1.807) is 17.9 Å². The molecule has 1 aromatic heterocycles. The number of benzene rings is 1. The summed E-state index contributed by atoms with van der Waals surface area (Å²) >= 11 is 0. The van der Waals surface area contributed by atoms with Gasteiger partial charge in [-0.05, 0) is 37.0 Å². The van der Waals surface area contributed by atoms with Gasteiger partial charge in [-0.25, -0.2) is 0 Å². The van der Waals surface area contributed by atoms with Crippen molar-refractivity contribution < 1.29 is 19.5 Å². The SMILES string of the molecule is CCc1c(C(=O)N2Cc3ccccc3C(C(=O)O)C2)[nH]c(C)c1C(C)=O. The molecule has 0 spiro atoms. The minimum absolute atomic E-state index is 0.0814. The van der Waals surface area contributed by atoms with Gasteiger partial charge in [-0.3, -0.25) is 14.4 Å². The fraction of sp³-hybridized carbons (Fsp3) is 0.350. The standard InChI is InChI=1S/C20H22N2O4/c1-4-14-17(12(3)23)11(2)21-18(14)19(24)22-9-13-7-5-6-8-15(13)16(10-22)20(25)26/h5-8,16,21H,4,9-10H2,1-3H3,(H,25,26). The number of nitrogens with zero attached hydrogens (tertiary/aromatic N) is 1. The Bertz CT molecular complexity index is 897. The Labute approximate surface area is 151 Å². The highest BCUT2D eigenvalue weighted by atomic mass is 16.4. The van der Waals surface area contributed by atoms with E-state index in [9.17, 15) is 19.5 Å². The average Bonchev–Trinajstić information content (AvgIpc) is 2.96. The summed E-state index contributed by atoms with van der Waals surface area (Å²) in [6.07, 6.45) is 0.549. The smallest absolute Gasteiger partial charge is 0.312 e. The molecule has 1 aromatic carbocycles. The predicted octanol–water partition coefficient (Wildman–Crippen LogP) is 2.91. The summed E-state index contributed by atoms with van der Waals surface area (Å²) in [6, 6.07) is 7.32. The van der Waals surface area contributed by atoms with Crippen LogP contribution in [0.1, 0.15) is 63.0 Å². The number of aromatic nitrogens is 1. The highest BCUT2D eigenvalue weighted by Crippen LogP contribution is 2.30. The number of ketones is 1. The van der Waals surface area contributed by atoms with Crippen LogP contribution in [0.15, 0.2) is 24.3 Å². The van der Waals surface area contributed by atoms with Crippen LogP contribution in [-0.2, 0) is 17.8 Å². The topological polar surface area (TPSA) is 90.5 Å². The second-order valence-corrected chi connectivity index (χ2v) is 6.66. The molecule has 1 amide bonds. The average molecular weight is 354 g/mol. The second-order valence-electron chi connectivity index (χ2n) is 6.66. The Balaban J connectivity index is 2.01. The zero-order chi connectivity index (χ0) is 19.0. The fourth-order valence-electron chi connectivity index (χ4n) is 3.82. The predicted molar refractivity (Wildman–Crippen MR) is 96.5 cm³/mol. The molecule has 0 aliphatic carbocycles. The summed E-state index contributed by atoms with van der Waals surface area (Å²) in [6.45, 7) is 5.63. The van der Waals surface area contributed by atoms with Crippen molar-refractivity contribution in [3.8, 4) is 0 Å². The number of aromatic amines is 1. The van der Waals surface area contributed by atoms with Crippen LogP contribution in [0.3, 0.4) is 0 Å². The lowest BCUT2D eigenvalue weighted by Gasteiger charge is -2.32. The number of fused-ring (bicyclic) bond motifs is 1. The van der Waals surface area contributed by atoms with E-state index in [-0.39, 0.29) is 18.2 Å². The minimum Gasteiger partial charge on any atom is -0.481 e. The van der Waals surface area contributed by atoms with E-state index in [4.69, 9.17) is 0 Å². The Morgan fingerprint density at radius 3 is 2.58 bits per heavy atom. The molecule has 136 valence electrons. The van der Waals surface area contributed by atoms with Crippen molar-refractivity contribution in [1.29, 1.82) is 0 Å². The number of carbonyl (C=O) groups excluding carboxylic acids is 2. The van der Waals surface area contributed by atoms with Crippen molar-refractivity contribution in [2.75, 3.05) is 6.54 Å². The van der Waals surface area contributed by atoms with E-state index in [0.29, 0.717) is 35.5 Å². The molecule has 2 heterocycles. The van der Waals surface area contributed by atoms with Gasteiger partial charge in [0.1, 0.15) is 5.69 Å². The van der Waals surface area contributed by atoms with Gasteiger partial charge in [-0.1, -0.05) is 31.2 Å². The van der Waals surface area contributed by atoms with E-state index < -0.39 is 11.9 Å². The Morgan fingerprint density at radius 1 is 1.27 bits per heavy atom. The first-order valence-corrected chi connectivity index (χ1v) is 8.67. The summed E-state index contributed by atoms with van der Waals surface area (Å²) < 4.78 is 0. The lowest BCUT2D eigenvalue weighted by atomic mass is 9.89. The molecule has 0 bridgehead atoms. The van der Waals surface area contributed by atoms with Crippen LogP contribution < -0.4 is 0 Å². The highest BCUT2D eigenvalue weighted by molar-refractivity contribution is 6.03. The van der Waals surface area contributed by atoms with Gasteiger partial charge in [0.15, 0.2) is 5.78 Å². The third-order valence-corrected chi connectivity index (χ3v) is 4.99. The number of carboxylic acids is 1. The lowest BCUT2D eigenvalue weighted by Crippen LogP contribution is -2.41. The Hall–Kier alpha value is -2.89. The quantitative estimate of drug-likeness (QED) is 0.826. The Kier molecular flexibility index (Phi) is 4.68. The van der Waals surface area contributed by atoms with Crippen molar-refractivity contribution in [1.82, 2.24) is 9.88 Å². The van der Waals surface area contributed by atoms with Crippen LogP contribution >= 0.6 is 0 Å². The van der Waals surface area contributed by atoms with E-state index in [1.165, 1.54) is 6.92 Å². The molecule has 1 unspecified atom stereocenters. The maximum atomic E-state index is 13.1. The maximum Gasteiger partial charge on any atom is 0.312 e. The number of H-pyrrole nitrogens is 1. The van der Waals surface area contributed by atoms with Gasteiger partial charge in [-0.2, -0.15) is 0 Å². The number of rotatable bonds is 4. The summed E-state index contributed by atoms with van der Waals surface area (Å²) in [7, 11) is 0. The monoisotopic (exact) mass is 354 g/mol. The molecule has 0 saturated carbocycles. The van der Waals surface area contributed by atoms with Crippen molar-refractivity contribution >= 4 is 17.7 Å². The molecule has 0 fully saturated rings. The van der Waals surface area contributed by atoms with Gasteiger partial charge in [0.2, 0.25) is 0 Å². The molecule has 3 rings (SSSR count). The number of aliphatic carboxylic acids is 1. The van der Waals surface area contributed by atoms with E-state index >= 15 is 0 Å². The first kappa shape index (κ1) is 17.9. The maximum absolute atomic E-state index is 13.1. The van der Waals surface area contributed by atoms with Gasteiger partial charge in [0.25, 0.3) is 5.91 Å². The molecule has 26 heavy (non-hydrogen) atoms. The number of aryl methyl sites for hydroxylation is 1. The second kappa shape index (κ2) is 6.78. The number of carbonyl (C=O) groups is 3. The summed E-state index contributed by atoms with van der Waals surface area (Å²) in [4.78, 5) is 41.4. The molecule has 6 heteroatoms. The first-order chi connectivity index (χ1) is 12.3. The summed E-state index contributed by atoms with van der Waals surface area (Å²) in [5.74, 6) is -2.05. The van der Waals surface area contributed by atoms with Crippen LogP contribution in [-0.4, -0.2) is 39.2 Å². The van der Waals surface area contributed by atoms with Crippen LogP contribution in [0.4, 0.5) is 0 Å². The van der Waals surface area contributed by atoms with Gasteiger partial charge < -0.3 is 15.0 Å². The molecular weight excluding hydrogens is 332 g/mol. The van der Waals surface area contributed by atoms with E-state index in [2.05, 4.69) is 4.98 Å². The number of nitrogens with one attached hydrogen (secondary N) is 1. The third-order valence-electron chi connectivity index (χ3n) is 4.99. The van der Waals surface area contributed by atoms with Crippen LogP contribution in [0.25, 0.3) is 0 Å². The van der Waals surface area contributed by atoms with Gasteiger partial charge in [0, 0.05) is 24.3 Å². The number of hydrogen-bond donors (Lipinski definition) is 2. The number of hydrogen-bond acceptors (Lipinski definition) is 3. The largest absolute Gasteiger partial charge is 0.481 e. The van der Waals surface area contributed by atoms with Gasteiger partial charge >= 0.3 is 5.97 Å². The lowest BCUT2D eigenvalue weighted by molar-refractivity contribution is -0.139. The number of Topliss-reactive ketones (excluding diaryl/α,β-unsaturated/α-hetero) is 1. The summed E-state index contributed by atoms with van der Waals surface area (Å²) in [5.41, 5.74) is 3.91. The van der Waals surface area contributed by atoms with E-state index in [1.807, 2.05) is 25.1 Å². The van der Waals surface area contributed by atoms with Crippen LogP contribution in [0.5, 0.6) is 0 Å². The summed E-state index contributed by atoms with van der Waals surface area (Å²) in [5, 5.41) is 9.59. The Morgan fingerprint density at radius 2 is 1.96 bits per heavy atom. The third kappa shape index (κ3) is 2.92. The van der Waals surface area contributed by atoms with Gasteiger partial charge in [-0.15, -0.1) is 0 Å². The van der Waals surface area contributed by atoms with Crippen LogP contribution in [0.2, 0.25) is 0 Å². The van der Waals surface area contributed by atoms with Crippen molar-refractivity contribution in [3.63, 3.8) is 0 Å². The van der Waals surface area contributed by atoms with E-state index in [0.717, 1.165) is 11.1 Å². The normalized spacial score (nSPS) is 16.3. The highest BCUT2D eigenvalue weighted by Gasteiger charge is 2.34. The van der Waals surface area contributed by atoms with Crippen molar-refractivity contribution in [2.24, 2.45) is 0 Å². The first-order valence-electron chi connectivity index (χ1n) is 8.67. The van der Waals surface area contributed by atoms with Gasteiger partial charge in [0.05, 0.1) is 5.92 Å².